The third kappa shape index (κ3) is 2.42. The maximum atomic E-state index is 12.0. The van der Waals surface area contributed by atoms with E-state index in [9.17, 15) is 4.79 Å². The quantitative estimate of drug-likeness (QED) is 0.820. The lowest BCUT2D eigenvalue weighted by atomic mass is 9.78. The topological polar surface area (TPSA) is 66.0 Å². The summed E-state index contributed by atoms with van der Waals surface area (Å²) in [6.07, 6.45) is 0.981. The molecule has 0 unspecified atom stereocenters. The summed E-state index contributed by atoms with van der Waals surface area (Å²) in [6, 6.07) is 3.85. The maximum absolute atomic E-state index is 12.0. The van der Waals surface area contributed by atoms with Gasteiger partial charge in [-0.25, -0.2) is 5.43 Å². The van der Waals surface area contributed by atoms with E-state index in [1.807, 2.05) is 17.9 Å². The molecule has 0 saturated carbocycles. The van der Waals surface area contributed by atoms with Crippen LogP contribution in [0.1, 0.15) is 19.4 Å². The van der Waals surface area contributed by atoms with Crippen LogP contribution in [-0.2, 0) is 11.2 Å². The number of anilines is 1. The first-order chi connectivity index (χ1) is 11.0. The summed E-state index contributed by atoms with van der Waals surface area (Å²) >= 11 is 3.67. The summed E-state index contributed by atoms with van der Waals surface area (Å²) in [6.45, 7) is 6.60. The van der Waals surface area contributed by atoms with Gasteiger partial charge in [0.2, 0.25) is 0 Å². The molecule has 0 aliphatic carbocycles. The van der Waals surface area contributed by atoms with Gasteiger partial charge in [0.25, 0.3) is 5.91 Å². The summed E-state index contributed by atoms with van der Waals surface area (Å²) in [5, 5.41) is 7.47. The molecule has 23 heavy (non-hydrogen) atoms. The number of ether oxygens (including phenoxy) is 1. The Morgan fingerprint density at radius 2 is 2.26 bits per heavy atom. The molecule has 122 valence electrons. The van der Waals surface area contributed by atoms with Crippen LogP contribution in [0.3, 0.4) is 0 Å². The van der Waals surface area contributed by atoms with Crippen LogP contribution in [0, 0.1) is 5.41 Å². The average Bonchev–Trinajstić information content (AvgIpc) is 2.50. The highest BCUT2D eigenvalue weighted by Gasteiger charge is 2.37. The number of hydrazone groups is 1. The molecule has 0 aromatic heterocycles. The SMILES string of the molecule is C[C@@H]1C(=O)NN=C2COc3cc(Br)c(CC4(C)CNC4)cc3N21. The molecule has 3 aliphatic heterocycles. The van der Waals surface area contributed by atoms with Gasteiger partial charge < -0.3 is 15.0 Å². The second-order valence-electron chi connectivity index (χ2n) is 6.84. The van der Waals surface area contributed by atoms with Crippen molar-refractivity contribution in [1.29, 1.82) is 0 Å². The van der Waals surface area contributed by atoms with Gasteiger partial charge in [0, 0.05) is 17.6 Å². The normalized spacial score (nSPS) is 24.7. The number of carbonyl (C=O) groups excluding carboxylic acids is 1. The molecule has 1 atom stereocenters. The molecule has 1 aromatic carbocycles. The minimum absolute atomic E-state index is 0.0961. The minimum atomic E-state index is -0.292. The number of hydrogen-bond donors (Lipinski definition) is 2. The Bertz CT molecular complexity index is 714. The molecule has 1 amide bonds. The number of fused-ring (bicyclic) bond motifs is 3. The van der Waals surface area contributed by atoms with Gasteiger partial charge in [-0.15, -0.1) is 0 Å². The molecular weight excluding hydrogens is 360 g/mol. The van der Waals surface area contributed by atoms with Gasteiger partial charge in [-0.05, 0) is 36.5 Å². The van der Waals surface area contributed by atoms with Crippen LogP contribution in [0.4, 0.5) is 5.69 Å². The van der Waals surface area contributed by atoms with Crippen molar-refractivity contribution in [2.45, 2.75) is 26.3 Å². The Morgan fingerprint density at radius 3 is 2.96 bits per heavy atom. The Morgan fingerprint density at radius 1 is 1.48 bits per heavy atom. The highest BCUT2D eigenvalue weighted by Crippen LogP contribution is 2.41. The lowest BCUT2D eigenvalue weighted by molar-refractivity contribution is -0.122. The van der Waals surface area contributed by atoms with Crippen LogP contribution >= 0.6 is 15.9 Å². The number of amides is 1. The number of hydrogen-bond acceptors (Lipinski definition) is 5. The van der Waals surface area contributed by atoms with Crippen LogP contribution in [0.2, 0.25) is 0 Å². The largest absolute Gasteiger partial charge is 0.483 e. The summed E-state index contributed by atoms with van der Waals surface area (Å²) in [4.78, 5) is 14.0. The molecule has 4 rings (SSSR count). The first-order valence-corrected chi connectivity index (χ1v) is 8.58. The number of amidine groups is 1. The van der Waals surface area contributed by atoms with Gasteiger partial charge in [-0.3, -0.25) is 4.79 Å². The molecule has 1 saturated heterocycles. The van der Waals surface area contributed by atoms with Crippen molar-refractivity contribution in [2.75, 3.05) is 24.6 Å². The summed E-state index contributed by atoms with van der Waals surface area (Å²) in [5.74, 6) is 1.44. The van der Waals surface area contributed by atoms with Gasteiger partial charge in [-0.2, -0.15) is 5.10 Å². The summed E-state index contributed by atoms with van der Waals surface area (Å²) in [5.41, 5.74) is 4.99. The maximum Gasteiger partial charge on any atom is 0.262 e. The fourth-order valence-electron chi connectivity index (χ4n) is 3.36. The number of halogens is 1. The molecule has 0 radical (unpaired) electrons. The third-order valence-corrected chi connectivity index (χ3v) is 5.54. The first kappa shape index (κ1) is 15.0. The number of nitrogens with one attached hydrogen (secondary N) is 2. The second kappa shape index (κ2) is 5.21. The van der Waals surface area contributed by atoms with Crippen LogP contribution < -0.4 is 20.4 Å². The van der Waals surface area contributed by atoms with Crippen LogP contribution in [0.15, 0.2) is 21.7 Å². The number of nitrogens with zero attached hydrogens (tertiary/aromatic N) is 2. The molecule has 0 bridgehead atoms. The van der Waals surface area contributed by atoms with E-state index in [-0.39, 0.29) is 17.4 Å². The smallest absolute Gasteiger partial charge is 0.262 e. The fraction of sp³-hybridized carbons (Fsp3) is 0.500. The highest BCUT2D eigenvalue weighted by molar-refractivity contribution is 9.10. The molecule has 3 heterocycles. The predicted molar refractivity (Wildman–Crippen MR) is 91.8 cm³/mol. The number of carbonyl (C=O) groups is 1. The zero-order valence-electron chi connectivity index (χ0n) is 13.1. The van der Waals surface area contributed by atoms with E-state index in [1.165, 1.54) is 5.56 Å². The van der Waals surface area contributed by atoms with Gasteiger partial charge in [0.15, 0.2) is 5.84 Å². The zero-order chi connectivity index (χ0) is 16.2. The molecular formula is C16H19BrN4O2. The second-order valence-corrected chi connectivity index (χ2v) is 7.70. The molecule has 3 aliphatic rings. The van der Waals surface area contributed by atoms with Gasteiger partial charge in [-0.1, -0.05) is 22.9 Å². The van der Waals surface area contributed by atoms with Crippen molar-refractivity contribution >= 4 is 33.4 Å². The Hall–Kier alpha value is -1.60. The molecule has 0 spiro atoms. The molecule has 7 heteroatoms. The van der Waals surface area contributed by atoms with Crippen molar-refractivity contribution in [1.82, 2.24) is 10.7 Å². The third-order valence-electron chi connectivity index (χ3n) is 4.81. The van der Waals surface area contributed by atoms with E-state index in [2.05, 4.69) is 44.8 Å². The fourth-order valence-corrected chi connectivity index (χ4v) is 3.82. The monoisotopic (exact) mass is 378 g/mol. The Labute approximate surface area is 143 Å². The standard InChI is InChI=1S/C16H19BrN4O2/c1-9-15(22)20-19-14-6-23-13-4-11(17)10(3-12(13)21(9)14)5-16(2)7-18-8-16/h3-4,9,18H,5-8H2,1-2H3,(H,20,22)/t9-/m1/s1. The summed E-state index contributed by atoms with van der Waals surface area (Å²) < 4.78 is 6.87. The molecule has 1 fully saturated rings. The number of benzene rings is 1. The molecule has 1 aromatic rings. The van der Waals surface area contributed by atoms with Crippen LogP contribution in [0.25, 0.3) is 0 Å². The first-order valence-electron chi connectivity index (χ1n) is 7.78. The van der Waals surface area contributed by atoms with Gasteiger partial charge >= 0.3 is 0 Å². The van der Waals surface area contributed by atoms with Gasteiger partial charge in [0.05, 0.1) is 5.69 Å². The Kier molecular flexibility index (Phi) is 3.39. The van der Waals surface area contributed by atoms with Gasteiger partial charge in [0.1, 0.15) is 18.4 Å². The predicted octanol–water partition coefficient (Wildman–Crippen LogP) is 1.63. The van der Waals surface area contributed by atoms with E-state index < -0.39 is 0 Å². The van der Waals surface area contributed by atoms with Crippen molar-refractivity contribution < 1.29 is 9.53 Å². The summed E-state index contributed by atoms with van der Waals surface area (Å²) in [7, 11) is 0. The van der Waals surface area contributed by atoms with Crippen molar-refractivity contribution in [3.63, 3.8) is 0 Å². The molecule has 6 nitrogen and oxygen atoms in total. The van der Waals surface area contributed by atoms with Crippen LogP contribution in [-0.4, -0.2) is 37.5 Å². The Balaban J connectivity index is 1.75. The van der Waals surface area contributed by atoms with E-state index in [0.717, 1.165) is 41.3 Å². The highest BCUT2D eigenvalue weighted by atomic mass is 79.9. The average molecular weight is 379 g/mol. The van der Waals surface area contributed by atoms with Crippen molar-refractivity contribution in [2.24, 2.45) is 10.5 Å². The zero-order valence-corrected chi connectivity index (χ0v) is 14.7. The van der Waals surface area contributed by atoms with E-state index in [0.29, 0.717) is 6.61 Å². The lowest BCUT2D eigenvalue weighted by Gasteiger charge is -2.41. The van der Waals surface area contributed by atoms with Crippen LogP contribution in [0.5, 0.6) is 5.75 Å². The lowest BCUT2D eigenvalue weighted by Crippen LogP contribution is -2.55. The minimum Gasteiger partial charge on any atom is -0.483 e. The van der Waals surface area contributed by atoms with E-state index in [4.69, 9.17) is 4.74 Å². The van der Waals surface area contributed by atoms with Crippen molar-refractivity contribution in [3.05, 3.63) is 22.2 Å². The van der Waals surface area contributed by atoms with Crippen molar-refractivity contribution in [3.8, 4) is 5.75 Å². The number of rotatable bonds is 2. The molecule has 2 N–H and O–H groups in total. The van der Waals surface area contributed by atoms with E-state index in [1.54, 1.807) is 0 Å². The van der Waals surface area contributed by atoms with E-state index >= 15 is 0 Å².